The highest BCUT2D eigenvalue weighted by Crippen LogP contribution is 2.26. The molecule has 1 amide bonds. The maximum absolute atomic E-state index is 12.7. The van der Waals surface area contributed by atoms with Gasteiger partial charge in [-0.2, -0.15) is 5.11 Å². The molecule has 1 heterocycles. The van der Waals surface area contributed by atoms with Crippen LogP contribution in [-0.2, 0) is 9.59 Å². The number of allylic oxidation sites excluding steroid dienone is 2. The van der Waals surface area contributed by atoms with Gasteiger partial charge in [0.25, 0.3) is 5.91 Å². The van der Waals surface area contributed by atoms with Crippen molar-refractivity contribution in [3.05, 3.63) is 83.4 Å². The Morgan fingerprint density at radius 2 is 1.64 bits per heavy atom. The van der Waals surface area contributed by atoms with E-state index < -0.39 is 17.8 Å². The Hall–Kier alpha value is -3.58. The van der Waals surface area contributed by atoms with Crippen LogP contribution < -0.4 is 0 Å². The monoisotopic (exact) mass is 463 g/mol. The largest absolute Gasteiger partial charge is 0.481 e. The molecule has 0 saturated carbocycles. The molecule has 0 spiro atoms. The van der Waals surface area contributed by atoms with E-state index in [1.807, 2.05) is 30.3 Å². The number of hydrogen-bond acceptors (Lipinski definition) is 5. The molecule has 1 aliphatic carbocycles. The molecule has 33 heavy (non-hydrogen) atoms. The summed E-state index contributed by atoms with van der Waals surface area (Å²) in [4.78, 5) is 37.1. The van der Waals surface area contributed by atoms with Gasteiger partial charge in [-0.3, -0.25) is 14.4 Å². The molecule has 7 nitrogen and oxygen atoms in total. The second-order valence-corrected chi connectivity index (χ2v) is 8.42. The summed E-state index contributed by atoms with van der Waals surface area (Å²) >= 11 is 5.92. The number of carbonyl (C=O) groups is 3. The van der Waals surface area contributed by atoms with Gasteiger partial charge in [0, 0.05) is 23.6 Å². The van der Waals surface area contributed by atoms with E-state index in [0.29, 0.717) is 10.6 Å². The third-order valence-corrected chi connectivity index (χ3v) is 6.05. The molecule has 0 bridgehead atoms. The summed E-state index contributed by atoms with van der Waals surface area (Å²) in [7, 11) is 0. The number of aliphatic carboxylic acids is 1. The van der Waals surface area contributed by atoms with Crippen LogP contribution >= 0.6 is 11.6 Å². The Morgan fingerprint density at radius 3 is 2.30 bits per heavy atom. The average molecular weight is 464 g/mol. The van der Waals surface area contributed by atoms with Crippen molar-refractivity contribution in [2.24, 2.45) is 22.2 Å². The fourth-order valence-corrected chi connectivity index (χ4v) is 3.98. The molecule has 168 valence electrons. The summed E-state index contributed by atoms with van der Waals surface area (Å²) in [6.07, 6.45) is 7.12. The van der Waals surface area contributed by atoms with E-state index in [4.69, 9.17) is 11.6 Å². The number of Topliss-reactive ketones (excluding diaryl/α,β-unsaturated/α-hetero) is 1. The van der Waals surface area contributed by atoms with Gasteiger partial charge < -0.3 is 5.11 Å². The number of carboxylic acid groups (broad SMARTS) is 1. The number of ketones is 1. The molecule has 3 unspecified atom stereocenters. The number of carbonyl (C=O) groups excluding carboxylic acids is 2. The van der Waals surface area contributed by atoms with Gasteiger partial charge in [0.2, 0.25) is 0 Å². The third-order valence-electron chi connectivity index (χ3n) is 5.79. The molecule has 1 N–H and O–H groups in total. The normalized spacial score (nSPS) is 19.9. The minimum Gasteiger partial charge on any atom is -0.481 e. The Labute approximate surface area is 196 Å². The second kappa shape index (κ2) is 9.92. The molecular weight excluding hydrogens is 442 g/mol. The van der Waals surface area contributed by atoms with Crippen LogP contribution in [0.25, 0.3) is 11.1 Å². The summed E-state index contributed by atoms with van der Waals surface area (Å²) in [5.74, 6) is -2.92. The lowest BCUT2D eigenvalue weighted by Crippen LogP contribution is -2.41. The van der Waals surface area contributed by atoms with Crippen molar-refractivity contribution in [1.29, 1.82) is 0 Å². The zero-order valence-corrected chi connectivity index (χ0v) is 18.4. The maximum atomic E-state index is 12.7. The molecule has 2 aromatic rings. The Bertz CT molecular complexity index is 1140. The molecule has 4 rings (SSSR count). The minimum atomic E-state index is -1.08. The van der Waals surface area contributed by atoms with Gasteiger partial charge in [0.05, 0.1) is 11.8 Å². The Morgan fingerprint density at radius 1 is 1.00 bits per heavy atom. The van der Waals surface area contributed by atoms with E-state index in [1.54, 1.807) is 42.5 Å². The predicted molar refractivity (Wildman–Crippen MR) is 124 cm³/mol. The first-order valence-electron chi connectivity index (χ1n) is 10.6. The predicted octanol–water partition coefficient (Wildman–Crippen LogP) is 4.99. The number of halogens is 1. The topological polar surface area (TPSA) is 99.4 Å². The van der Waals surface area contributed by atoms with Crippen LogP contribution in [0.4, 0.5) is 0 Å². The van der Waals surface area contributed by atoms with Gasteiger partial charge in [-0.25, -0.2) is 5.01 Å². The number of amides is 1. The van der Waals surface area contributed by atoms with E-state index >= 15 is 0 Å². The van der Waals surface area contributed by atoms with Crippen molar-refractivity contribution in [1.82, 2.24) is 5.01 Å². The van der Waals surface area contributed by atoms with E-state index in [9.17, 15) is 19.5 Å². The second-order valence-electron chi connectivity index (χ2n) is 7.99. The number of rotatable bonds is 8. The lowest BCUT2D eigenvalue weighted by Gasteiger charge is -2.29. The van der Waals surface area contributed by atoms with Crippen molar-refractivity contribution in [3.63, 3.8) is 0 Å². The van der Waals surface area contributed by atoms with Crippen LogP contribution in [0.3, 0.4) is 0 Å². The quantitative estimate of drug-likeness (QED) is 0.557. The van der Waals surface area contributed by atoms with Gasteiger partial charge in [-0.15, -0.1) is 0 Å². The zero-order valence-electron chi connectivity index (χ0n) is 17.7. The highest BCUT2D eigenvalue weighted by atomic mass is 35.5. The number of benzene rings is 2. The molecule has 2 aromatic carbocycles. The summed E-state index contributed by atoms with van der Waals surface area (Å²) < 4.78 is 0. The lowest BCUT2D eigenvalue weighted by molar-refractivity contribution is -0.143. The first kappa shape index (κ1) is 22.6. The van der Waals surface area contributed by atoms with Crippen molar-refractivity contribution in [2.45, 2.75) is 18.9 Å². The van der Waals surface area contributed by atoms with Crippen molar-refractivity contribution >= 4 is 29.3 Å². The molecule has 1 aliphatic heterocycles. The number of fused-ring (bicyclic) bond motifs is 1. The molecule has 2 aliphatic rings. The smallest absolute Gasteiger partial charge is 0.307 e. The van der Waals surface area contributed by atoms with Crippen LogP contribution in [-0.4, -0.2) is 40.4 Å². The van der Waals surface area contributed by atoms with Crippen LogP contribution in [0, 0.1) is 11.8 Å². The van der Waals surface area contributed by atoms with Crippen molar-refractivity contribution < 1.29 is 19.5 Å². The van der Waals surface area contributed by atoms with Crippen LogP contribution in [0.2, 0.25) is 5.02 Å². The number of carboxylic acids is 1. The molecule has 0 aromatic heterocycles. The van der Waals surface area contributed by atoms with Gasteiger partial charge in [0.15, 0.2) is 5.78 Å². The van der Waals surface area contributed by atoms with E-state index in [2.05, 4.69) is 10.3 Å². The Kier molecular flexibility index (Phi) is 6.79. The zero-order chi connectivity index (χ0) is 23.4. The SMILES string of the molecule is O=C(CC(CCN1N=NC2C=CC=CC2C1=O)C(=O)O)c1ccc(-c2ccc(Cl)cc2)cc1. The summed E-state index contributed by atoms with van der Waals surface area (Å²) in [6.45, 7) is 0.0862. The third kappa shape index (κ3) is 5.26. The highest BCUT2D eigenvalue weighted by Gasteiger charge is 2.34. The number of hydrogen-bond donors (Lipinski definition) is 1. The van der Waals surface area contributed by atoms with Gasteiger partial charge in [-0.1, -0.05) is 77.5 Å². The first-order valence-corrected chi connectivity index (χ1v) is 11.0. The summed E-state index contributed by atoms with van der Waals surface area (Å²) in [5, 5.41) is 19.5. The minimum absolute atomic E-state index is 0.0862. The van der Waals surface area contributed by atoms with E-state index in [1.165, 1.54) is 5.01 Å². The first-order chi connectivity index (χ1) is 15.9. The molecular formula is C25H22ClN3O4. The maximum Gasteiger partial charge on any atom is 0.307 e. The molecule has 0 saturated heterocycles. The summed E-state index contributed by atoms with van der Waals surface area (Å²) in [6, 6.07) is 14.1. The fraction of sp³-hybridized carbons (Fsp3) is 0.240. The van der Waals surface area contributed by atoms with Crippen LogP contribution in [0.15, 0.2) is 83.2 Å². The lowest BCUT2D eigenvalue weighted by atomic mass is 9.93. The standard InChI is InChI=1S/C25H22ClN3O4/c26-20-11-9-17(10-12-20)16-5-7-18(8-6-16)23(30)15-19(25(32)33)13-14-29-24(31)21-3-1-2-4-22(21)27-28-29/h1-12,19,21-22H,13-15H2,(H,32,33). The molecule has 8 heteroatoms. The van der Waals surface area contributed by atoms with Gasteiger partial charge >= 0.3 is 5.97 Å². The highest BCUT2D eigenvalue weighted by molar-refractivity contribution is 6.30. The van der Waals surface area contributed by atoms with Crippen molar-refractivity contribution in [2.75, 3.05) is 6.54 Å². The number of nitrogens with zero attached hydrogens (tertiary/aromatic N) is 3. The average Bonchev–Trinajstić information content (AvgIpc) is 2.83. The van der Waals surface area contributed by atoms with Crippen LogP contribution in [0.5, 0.6) is 0 Å². The van der Waals surface area contributed by atoms with E-state index in [-0.39, 0.29) is 37.1 Å². The Balaban J connectivity index is 1.38. The van der Waals surface area contributed by atoms with Crippen molar-refractivity contribution in [3.8, 4) is 11.1 Å². The van der Waals surface area contributed by atoms with Crippen LogP contribution in [0.1, 0.15) is 23.2 Å². The molecule has 3 atom stereocenters. The van der Waals surface area contributed by atoms with Gasteiger partial charge in [-0.05, 0) is 29.7 Å². The molecule has 0 radical (unpaired) electrons. The van der Waals surface area contributed by atoms with E-state index in [0.717, 1.165) is 11.1 Å². The fourth-order valence-electron chi connectivity index (χ4n) is 3.85. The summed E-state index contributed by atoms with van der Waals surface area (Å²) in [5.41, 5.74) is 2.33. The molecule has 0 fully saturated rings. The van der Waals surface area contributed by atoms with Gasteiger partial charge in [0.1, 0.15) is 6.04 Å².